The summed E-state index contributed by atoms with van der Waals surface area (Å²) in [5, 5.41) is 35.7. The zero-order chi connectivity index (χ0) is 11.7. The highest BCUT2D eigenvalue weighted by molar-refractivity contribution is 5.81. The molecule has 15 heavy (non-hydrogen) atoms. The largest absolute Gasteiger partial charge is 0.479 e. The summed E-state index contributed by atoms with van der Waals surface area (Å²) in [6.07, 6.45) is 0. The summed E-state index contributed by atoms with van der Waals surface area (Å²) in [7, 11) is 0. The topological polar surface area (TPSA) is 124 Å². The van der Waals surface area contributed by atoms with Crippen molar-refractivity contribution in [1.82, 2.24) is 0 Å². The number of aliphatic carboxylic acids is 1. The maximum Gasteiger partial charge on any atom is 0.336 e. The molecular weight excluding hydrogens is 202 g/mol. The summed E-state index contributed by atoms with van der Waals surface area (Å²) < 4.78 is 0. The van der Waals surface area contributed by atoms with Crippen molar-refractivity contribution in [3.05, 3.63) is 35.9 Å². The first kappa shape index (κ1) is 11.6. The lowest BCUT2D eigenvalue weighted by Crippen LogP contribution is -2.63. The van der Waals surface area contributed by atoms with Crippen LogP contribution in [0.15, 0.2) is 30.3 Å². The number of carbonyl (C=O) groups is 1. The second-order valence-electron chi connectivity index (χ2n) is 3.11. The van der Waals surface area contributed by atoms with E-state index in [9.17, 15) is 4.79 Å². The van der Waals surface area contributed by atoms with Gasteiger partial charge in [0.25, 0.3) is 0 Å². The van der Waals surface area contributed by atoms with E-state index in [0.29, 0.717) is 0 Å². The Bertz CT molecular complexity index is 359. The SMILES string of the molecule is NC(C(=O)O)(c1ccccc1)C(O)(O)O. The quantitative estimate of drug-likeness (QED) is 0.391. The van der Waals surface area contributed by atoms with Crippen LogP contribution in [0.1, 0.15) is 5.56 Å². The average Bonchev–Trinajstić information content (AvgIpc) is 2.16. The van der Waals surface area contributed by atoms with Gasteiger partial charge in [0.1, 0.15) is 0 Å². The standard InChI is InChI=1S/C9H11NO5/c10-8(7(11)12,9(13,14)15)6-4-2-1-3-5-6/h1-5,13-15H,10H2,(H,11,12). The van der Waals surface area contributed by atoms with Crippen molar-refractivity contribution in [2.24, 2.45) is 5.73 Å². The Hall–Kier alpha value is -1.47. The Morgan fingerprint density at radius 3 is 1.93 bits per heavy atom. The van der Waals surface area contributed by atoms with Crippen molar-refractivity contribution in [3.8, 4) is 0 Å². The number of hydrogen-bond donors (Lipinski definition) is 5. The van der Waals surface area contributed by atoms with Crippen LogP contribution >= 0.6 is 0 Å². The molecule has 0 radical (unpaired) electrons. The molecule has 6 nitrogen and oxygen atoms in total. The monoisotopic (exact) mass is 213 g/mol. The van der Waals surface area contributed by atoms with Crippen molar-refractivity contribution in [2.45, 2.75) is 11.5 Å². The predicted octanol–water partition coefficient (Wildman–Crippen LogP) is -1.44. The molecule has 0 aliphatic heterocycles. The van der Waals surface area contributed by atoms with E-state index >= 15 is 0 Å². The van der Waals surface area contributed by atoms with Gasteiger partial charge in [0, 0.05) is 0 Å². The van der Waals surface area contributed by atoms with Gasteiger partial charge in [-0.15, -0.1) is 0 Å². The van der Waals surface area contributed by atoms with E-state index < -0.39 is 17.5 Å². The van der Waals surface area contributed by atoms with Crippen LogP contribution in [0.2, 0.25) is 0 Å². The second kappa shape index (κ2) is 3.59. The molecule has 0 saturated heterocycles. The van der Waals surface area contributed by atoms with Gasteiger partial charge in [-0.05, 0) is 5.56 Å². The molecule has 1 rings (SSSR count). The summed E-state index contributed by atoms with van der Waals surface area (Å²) in [4.78, 5) is 10.9. The summed E-state index contributed by atoms with van der Waals surface area (Å²) in [6.45, 7) is 0. The van der Waals surface area contributed by atoms with Crippen LogP contribution in [0.25, 0.3) is 0 Å². The van der Waals surface area contributed by atoms with E-state index in [2.05, 4.69) is 0 Å². The van der Waals surface area contributed by atoms with Gasteiger partial charge in [-0.25, -0.2) is 4.79 Å². The zero-order valence-electron chi connectivity index (χ0n) is 7.66. The van der Waals surface area contributed by atoms with E-state index in [-0.39, 0.29) is 5.56 Å². The van der Waals surface area contributed by atoms with E-state index in [1.165, 1.54) is 24.3 Å². The highest BCUT2D eigenvalue weighted by Gasteiger charge is 2.54. The summed E-state index contributed by atoms with van der Waals surface area (Å²) in [5.74, 6) is -5.29. The summed E-state index contributed by atoms with van der Waals surface area (Å²) in [6, 6.07) is 7.06. The third kappa shape index (κ3) is 1.83. The van der Waals surface area contributed by atoms with Gasteiger partial charge in [-0.1, -0.05) is 30.3 Å². The molecule has 0 saturated carbocycles. The molecular formula is C9H11NO5. The van der Waals surface area contributed by atoms with Crippen LogP contribution in [0.4, 0.5) is 0 Å². The molecule has 0 fully saturated rings. The van der Waals surface area contributed by atoms with E-state index in [1.54, 1.807) is 6.07 Å². The fraction of sp³-hybridized carbons (Fsp3) is 0.222. The number of aliphatic hydroxyl groups is 3. The number of carboxylic acids is 1. The van der Waals surface area contributed by atoms with Crippen LogP contribution in [-0.2, 0) is 10.3 Å². The van der Waals surface area contributed by atoms with Crippen LogP contribution in [0.5, 0.6) is 0 Å². The number of nitrogens with two attached hydrogens (primary N) is 1. The smallest absolute Gasteiger partial charge is 0.336 e. The fourth-order valence-corrected chi connectivity index (χ4v) is 1.16. The molecule has 0 heterocycles. The van der Waals surface area contributed by atoms with Gasteiger partial charge in [-0.2, -0.15) is 0 Å². The minimum absolute atomic E-state index is 0.120. The molecule has 0 aliphatic carbocycles. The molecule has 6 heteroatoms. The van der Waals surface area contributed by atoms with Crippen molar-refractivity contribution in [1.29, 1.82) is 0 Å². The highest BCUT2D eigenvalue weighted by atomic mass is 16.7. The van der Waals surface area contributed by atoms with Gasteiger partial charge in [0.05, 0.1) is 0 Å². The highest BCUT2D eigenvalue weighted by Crippen LogP contribution is 2.27. The molecule has 0 bridgehead atoms. The number of rotatable bonds is 3. The summed E-state index contributed by atoms with van der Waals surface area (Å²) in [5.41, 5.74) is 2.48. The van der Waals surface area contributed by atoms with Gasteiger partial charge in [0.15, 0.2) is 0 Å². The number of carboxylic acid groups (broad SMARTS) is 1. The van der Waals surface area contributed by atoms with E-state index in [1.807, 2.05) is 0 Å². The van der Waals surface area contributed by atoms with Gasteiger partial charge in [0.2, 0.25) is 5.54 Å². The number of hydrogen-bond acceptors (Lipinski definition) is 5. The number of benzene rings is 1. The third-order valence-corrected chi connectivity index (χ3v) is 2.10. The third-order valence-electron chi connectivity index (χ3n) is 2.10. The lowest BCUT2D eigenvalue weighted by molar-refractivity contribution is -0.346. The zero-order valence-corrected chi connectivity index (χ0v) is 7.66. The molecule has 1 unspecified atom stereocenters. The molecule has 1 aromatic carbocycles. The average molecular weight is 213 g/mol. The van der Waals surface area contributed by atoms with Gasteiger partial charge < -0.3 is 26.2 Å². The first-order chi connectivity index (χ1) is 6.80. The maximum atomic E-state index is 10.9. The lowest BCUT2D eigenvalue weighted by atomic mass is 9.88. The van der Waals surface area contributed by atoms with E-state index in [0.717, 1.165) is 0 Å². The first-order valence-corrected chi connectivity index (χ1v) is 4.05. The van der Waals surface area contributed by atoms with Crippen molar-refractivity contribution < 1.29 is 25.2 Å². The Morgan fingerprint density at radius 2 is 1.60 bits per heavy atom. The van der Waals surface area contributed by atoms with Crippen molar-refractivity contribution in [3.63, 3.8) is 0 Å². The molecule has 1 atom stereocenters. The summed E-state index contributed by atoms with van der Waals surface area (Å²) >= 11 is 0. The molecule has 0 aliphatic rings. The Kier molecular flexibility index (Phi) is 2.78. The van der Waals surface area contributed by atoms with E-state index in [4.69, 9.17) is 26.2 Å². The van der Waals surface area contributed by atoms with Crippen LogP contribution in [0, 0.1) is 0 Å². The second-order valence-corrected chi connectivity index (χ2v) is 3.11. The Morgan fingerprint density at radius 1 is 1.13 bits per heavy atom. The molecule has 82 valence electrons. The van der Waals surface area contributed by atoms with Crippen molar-refractivity contribution >= 4 is 5.97 Å². The van der Waals surface area contributed by atoms with Gasteiger partial charge >= 0.3 is 11.9 Å². The Balaban J connectivity index is 3.32. The lowest BCUT2D eigenvalue weighted by Gasteiger charge is -2.32. The normalized spacial score (nSPS) is 15.7. The van der Waals surface area contributed by atoms with Crippen LogP contribution in [0.3, 0.4) is 0 Å². The predicted molar refractivity (Wildman–Crippen MR) is 49.3 cm³/mol. The molecule has 1 aromatic rings. The molecule has 0 aromatic heterocycles. The first-order valence-electron chi connectivity index (χ1n) is 4.05. The Labute approximate surface area is 85.2 Å². The minimum Gasteiger partial charge on any atom is -0.479 e. The molecule has 0 amide bonds. The van der Waals surface area contributed by atoms with Crippen LogP contribution in [-0.4, -0.2) is 32.4 Å². The fourth-order valence-electron chi connectivity index (χ4n) is 1.16. The molecule has 6 N–H and O–H groups in total. The molecule has 0 spiro atoms. The maximum absolute atomic E-state index is 10.9. The van der Waals surface area contributed by atoms with Crippen molar-refractivity contribution in [2.75, 3.05) is 0 Å². The van der Waals surface area contributed by atoms with Gasteiger partial charge in [-0.3, -0.25) is 0 Å². The van der Waals surface area contributed by atoms with Crippen LogP contribution < -0.4 is 5.73 Å². The minimum atomic E-state index is -3.54.